The summed E-state index contributed by atoms with van der Waals surface area (Å²) in [6.07, 6.45) is 11.5. The molecule has 8 heteroatoms. The molecule has 4 aromatic rings. The summed E-state index contributed by atoms with van der Waals surface area (Å²) in [4.78, 5) is 30.0. The van der Waals surface area contributed by atoms with E-state index in [2.05, 4.69) is 62.9 Å². The summed E-state index contributed by atoms with van der Waals surface area (Å²) in [6, 6.07) is 4.49. The molecule has 0 radical (unpaired) electrons. The number of fused-ring (bicyclic) bond motifs is 2. The molecule has 4 heterocycles. The quantitative estimate of drug-likeness (QED) is 0.383. The number of aromatic nitrogens is 4. The lowest BCUT2D eigenvalue weighted by Gasteiger charge is -2.20. The highest BCUT2D eigenvalue weighted by molar-refractivity contribution is 5.84. The number of nitrogens with zero attached hydrogens (tertiary/aromatic N) is 4. The Balaban J connectivity index is 0.000000192. The second-order valence-electron chi connectivity index (χ2n) is 9.09. The van der Waals surface area contributed by atoms with Crippen molar-refractivity contribution in [2.24, 2.45) is 0 Å². The minimum absolute atomic E-state index is 0.348. The Morgan fingerprint density at radius 1 is 1.00 bits per heavy atom. The SMILES string of the molecule is CC(=O)Oc1cc2c(CCN(C)C)c[nH]c2cn1.CC(C)N(C)CCc1c[nH]c2cnccc12. The third-order valence-corrected chi connectivity index (χ3v) is 5.89. The van der Waals surface area contributed by atoms with E-state index in [0.717, 1.165) is 42.4 Å². The van der Waals surface area contributed by atoms with Crippen LogP contribution >= 0.6 is 0 Å². The molecule has 0 saturated heterocycles. The zero-order chi connectivity index (χ0) is 24.7. The van der Waals surface area contributed by atoms with E-state index < -0.39 is 0 Å². The first kappa shape index (κ1) is 25.4. The maximum absolute atomic E-state index is 10.9. The molecule has 0 aliphatic carbocycles. The molecule has 0 saturated carbocycles. The molecule has 182 valence electrons. The molecule has 0 aliphatic rings. The van der Waals surface area contributed by atoms with Crippen molar-refractivity contribution >= 4 is 27.8 Å². The van der Waals surface area contributed by atoms with Gasteiger partial charge in [0.15, 0.2) is 0 Å². The predicted molar refractivity (Wildman–Crippen MR) is 137 cm³/mol. The Morgan fingerprint density at radius 2 is 1.65 bits per heavy atom. The van der Waals surface area contributed by atoms with Crippen molar-refractivity contribution in [3.05, 3.63) is 54.2 Å². The number of carbonyl (C=O) groups is 1. The first-order valence-corrected chi connectivity index (χ1v) is 11.6. The number of nitrogens with one attached hydrogen (secondary N) is 2. The van der Waals surface area contributed by atoms with Crippen LogP contribution < -0.4 is 4.74 Å². The number of rotatable bonds is 8. The second-order valence-corrected chi connectivity index (χ2v) is 9.09. The summed E-state index contributed by atoms with van der Waals surface area (Å²) >= 11 is 0. The fraction of sp³-hybridized carbons (Fsp3) is 0.423. The van der Waals surface area contributed by atoms with Crippen LogP contribution in [-0.2, 0) is 17.6 Å². The topological polar surface area (TPSA) is 90.1 Å². The Labute approximate surface area is 201 Å². The molecule has 34 heavy (non-hydrogen) atoms. The number of likely N-dealkylation sites (N-methyl/N-ethyl adjacent to an activating group) is 2. The van der Waals surface area contributed by atoms with E-state index >= 15 is 0 Å². The van der Waals surface area contributed by atoms with Gasteiger partial charge in [-0.1, -0.05) is 0 Å². The second kappa shape index (κ2) is 11.8. The van der Waals surface area contributed by atoms with Gasteiger partial charge in [-0.05, 0) is 65.0 Å². The van der Waals surface area contributed by atoms with Crippen LogP contribution in [0.3, 0.4) is 0 Å². The zero-order valence-corrected chi connectivity index (χ0v) is 21.1. The lowest BCUT2D eigenvalue weighted by atomic mass is 10.1. The summed E-state index contributed by atoms with van der Waals surface area (Å²) < 4.78 is 5.00. The molecule has 0 atom stereocenters. The standard InChI is InChI=1S/C13H17N3O2.C13H19N3/c1-9(17)18-13-6-11-10(4-5-16(2)3)7-14-12(11)8-15-13;1-10(2)16(3)7-5-11-8-15-13-9-14-6-4-12(11)13/h6-8,14H,4-5H2,1-3H3;4,6,8-10,15H,5,7H2,1-3H3. The van der Waals surface area contributed by atoms with E-state index in [-0.39, 0.29) is 5.97 Å². The number of hydrogen-bond donors (Lipinski definition) is 2. The monoisotopic (exact) mass is 464 g/mol. The van der Waals surface area contributed by atoms with Gasteiger partial charge in [-0.25, -0.2) is 4.98 Å². The molecule has 0 aromatic carbocycles. The number of H-pyrrole nitrogens is 2. The first-order chi connectivity index (χ1) is 16.2. The summed E-state index contributed by atoms with van der Waals surface area (Å²) in [5, 5.41) is 2.36. The Bertz CT molecular complexity index is 1210. The number of carbonyl (C=O) groups excluding carboxylic acids is 1. The molecule has 2 N–H and O–H groups in total. The normalized spacial score (nSPS) is 11.4. The third-order valence-electron chi connectivity index (χ3n) is 5.89. The van der Waals surface area contributed by atoms with Crippen LogP contribution in [0.4, 0.5) is 0 Å². The van der Waals surface area contributed by atoms with Gasteiger partial charge in [-0.3, -0.25) is 9.78 Å². The highest BCUT2D eigenvalue weighted by Gasteiger charge is 2.08. The number of pyridine rings is 2. The van der Waals surface area contributed by atoms with E-state index in [4.69, 9.17) is 4.74 Å². The molecule has 0 bridgehead atoms. The molecule has 4 rings (SSSR count). The molecule has 8 nitrogen and oxygen atoms in total. The molecule has 0 amide bonds. The highest BCUT2D eigenvalue weighted by atomic mass is 16.5. The number of hydrogen-bond acceptors (Lipinski definition) is 6. The Kier molecular flexibility index (Phi) is 8.79. The molecule has 0 unspecified atom stereocenters. The van der Waals surface area contributed by atoms with Crippen molar-refractivity contribution in [1.82, 2.24) is 29.7 Å². The molecule has 0 spiro atoms. The Hall–Kier alpha value is -3.23. The van der Waals surface area contributed by atoms with E-state index in [1.165, 1.54) is 23.4 Å². The summed E-state index contributed by atoms with van der Waals surface area (Å²) in [6.45, 7) is 7.87. The van der Waals surface area contributed by atoms with Crippen LogP contribution in [-0.4, -0.2) is 76.0 Å². The maximum atomic E-state index is 10.9. The molecular formula is C26H36N6O2. The van der Waals surface area contributed by atoms with E-state index in [1.807, 2.05) is 32.7 Å². The van der Waals surface area contributed by atoms with Crippen molar-refractivity contribution in [3.8, 4) is 5.88 Å². The van der Waals surface area contributed by atoms with Crippen LogP contribution in [0.5, 0.6) is 5.88 Å². The average Bonchev–Trinajstić information content (AvgIpc) is 3.39. The van der Waals surface area contributed by atoms with Crippen molar-refractivity contribution < 1.29 is 9.53 Å². The highest BCUT2D eigenvalue weighted by Crippen LogP contribution is 2.22. The van der Waals surface area contributed by atoms with Crippen LogP contribution in [0.2, 0.25) is 0 Å². The minimum Gasteiger partial charge on any atom is -0.408 e. The van der Waals surface area contributed by atoms with Crippen LogP contribution in [0.1, 0.15) is 31.9 Å². The fourth-order valence-electron chi connectivity index (χ4n) is 3.61. The van der Waals surface area contributed by atoms with Crippen molar-refractivity contribution in [1.29, 1.82) is 0 Å². The number of esters is 1. The largest absolute Gasteiger partial charge is 0.408 e. The summed E-state index contributed by atoms with van der Waals surface area (Å²) in [5.74, 6) is -0.00655. The lowest BCUT2D eigenvalue weighted by Crippen LogP contribution is -2.28. The first-order valence-electron chi connectivity index (χ1n) is 11.6. The van der Waals surface area contributed by atoms with E-state index in [9.17, 15) is 4.79 Å². The van der Waals surface area contributed by atoms with Gasteiger partial charge in [0.25, 0.3) is 0 Å². The average molecular weight is 465 g/mol. The van der Waals surface area contributed by atoms with Gasteiger partial charge < -0.3 is 24.5 Å². The van der Waals surface area contributed by atoms with Crippen molar-refractivity contribution in [3.63, 3.8) is 0 Å². The minimum atomic E-state index is -0.354. The smallest absolute Gasteiger partial charge is 0.309 e. The summed E-state index contributed by atoms with van der Waals surface area (Å²) in [5.41, 5.74) is 4.67. The molecule has 4 aromatic heterocycles. The number of ether oxygens (including phenoxy) is 1. The molecule has 0 fully saturated rings. The van der Waals surface area contributed by atoms with E-state index in [0.29, 0.717) is 11.9 Å². The van der Waals surface area contributed by atoms with Gasteiger partial charge >= 0.3 is 5.97 Å². The fourth-order valence-corrected chi connectivity index (χ4v) is 3.61. The van der Waals surface area contributed by atoms with Crippen molar-refractivity contribution in [2.45, 2.75) is 39.7 Å². The van der Waals surface area contributed by atoms with Crippen molar-refractivity contribution in [2.75, 3.05) is 34.2 Å². The van der Waals surface area contributed by atoms with Gasteiger partial charge in [0.1, 0.15) is 0 Å². The van der Waals surface area contributed by atoms with Gasteiger partial charge in [-0.15, -0.1) is 0 Å². The van der Waals surface area contributed by atoms with Crippen LogP contribution in [0, 0.1) is 0 Å². The number of aromatic amines is 2. The maximum Gasteiger partial charge on any atom is 0.309 e. The van der Waals surface area contributed by atoms with Gasteiger partial charge in [0.05, 0.1) is 23.4 Å². The van der Waals surface area contributed by atoms with Crippen LogP contribution in [0.15, 0.2) is 43.1 Å². The third kappa shape index (κ3) is 6.88. The Morgan fingerprint density at radius 3 is 2.29 bits per heavy atom. The predicted octanol–water partition coefficient (Wildman–Crippen LogP) is 4.04. The van der Waals surface area contributed by atoms with E-state index in [1.54, 1.807) is 12.3 Å². The van der Waals surface area contributed by atoms with Crippen LogP contribution in [0.25, 0.3) is 21.8 Å². The summed E-state index contributed by atoms with van der Waals surface area (Å²) in [7, 11) is 6.25. The lowest BCUT2D eigenvalue weighted by molar-refractivity contribution is -0.132. The van der Waals surface area contributed by atoms with Gasteiger partial charge in [0, 0.05) is 61.5 Å². The van der Waals surface area contributed by atoms with Gasteiger partial charge in [0.2, 0.25) is 5.88 Å². The molecule has 0 aliphatic heterocycles. The molecular weight excluding hydrogens is 428 g/mol. The zero-order valence-electron chi connectivity index (χ0n) is 21.1. The van der Waals surface area contributed by atoms with Gasteiger partial charge in [-0.2, -0.15) is 0 Å².